The molecular formula is C14H21N3O3. The molecule has 0 aromatic carbocycles. The maximum Gasteiger partial charge on any atom is 0.223 e. The highest BCUT2D eigenvalue weighted by atomic mass is 16.5. The Kier molecular flexibility index (Phi) is 4.42. The van der Waals surface area contributed by atoms with Gasteiger partial charge in [0, 0.05) is 38.0 Å². The second kappa shape index (κ2) is 6.07. The number of hydrogen-bond donors (Lipinski definition) is 1. The van der Waals surface area contributed by atoms with E-state index in [4.69, 9.17) is 4.52 Å². The van der Waals surface area contributed by atoms with Gasteiger partial charge in [0.05, 0.1) is 5.69 Å². The van der Waals surface area contributed by atoms with Crippen LogP contribution in [0.4, 0.5) is 0 Å². The fraction of sp³-hybridized carbons (Fsp3) is 0.643. The minimum Gasteiger partial charge on any atom is -0.361 e. The van der Waals surface area contributed by atoms with Gasteiger partial charge in [-0.3, -0.25) is 9.59 Å². The summed E-state index contributed by atoms with van der Waals surface area (Å²) in [7, 11) is 0. The minimum atomic E-state index is -0.00827. The van der Waals surface area contributed by atoms with Gasteiger partial charge in [-0.2, -0.15) is 0 Å². The van der Waals surface area contributed by atoms with Crippen LogP contribution in [0.3, 0.4) is 0 Å². The zero-order valence-electron chi connectivity index (χ0n) is 12.2. The van der Waals surface area contributed by atoms with E-state index >= 15 is 0 Å². The minimum absolute atomic E-state index is 0.00827. The standard InChI is InChI=1S/C14H21N3O3/c1-9-13(10(2)20-16-9)8-15-14(19)12-4-6-17(7-5-12)11(3)18/h12H,4-8H2,1-3H3,(H,15,19). The van der Waals surface area contributed by atoms with E-state index in [0.29, 0.717) is 19.6 Å². The highest BCUT2D eigenvalue weighted by Gasteiger charge is 2.26. The quantitative estimate of drug-likeness (QED) is 0.901. The molecule has 0 unspecified atom stereocenters. The molecule has 1 aromatic heterocycles. The molecule has 0 radical (unpaired) electrons. The first-order valence-corrected chi connectivity index (χ1v) is 6.94. The molecule has 0 saturated carbocycles. The van der Waals surface area contributed by atoms with Crippen LogP contribution in [0, 0.1) is 19.8 Å². The van der Waals surface area contributed by atoms with Crippen molar-refractivity contribution in [3.05, 3.63) is 17.0 Å². The second-order valence-corrected chi connectivity index (χ2v) is 5.30. The Balaban J connectivity index is 1.83. The van der Waals surface area contributed by atoms with E-state index in [1.165, 1.54) is 0 Å². The van der Waals surface area contributed by atoms with Gasteiger partial charge in [-0.05, 0) is 26.7 Å². The number of piperidine rings is 1. The number of likely N-dealkylation sites (tertiary alicyclic amines) is 1. The number of nitrogens with zero attached hydrogens (tertiary/aromatic N) is 2. The Hall–Kier alpha value is -1.85. The number of carbonyl (C=O) groups is 2. The Morgan fingerprint density at radius 3 is 2.50 bits per heavy atom. The maximum atomic E-state index is 12.1. The first-order valence-electron chi connectivity index (χ1n) is 6.94. The highest BCUT2D eigenvalue weighted by Crippen LogP contribution is 2.18. The Labute approximate surface area is 118 Å². The van der Waals surface area contributed by atoms with Crippen LogP contribution < -0.4 is 5.32 Å². The lowest BCUT2D eigenvalue weighted by Crippen LogP contribution is -2.42. The highest BCUT2D eigenvalue weighted by molar-refractivity contribution is 5.79. The van der Waals surface area contributed by atoms with Crippen LogP contribution in [0.1, 0.15) is 36.8 Å². The van der Waals surface area contributed by atoms with Gasteiger partial charge in [0.2, 0.25) is 11.8 Å². The number of aryl methyl sites for hydroxylation is 2. The van der Waals surface area contributed by atoms with Gasteiger partial charge < -0.3 is 14.7 Å². The lowest BCUT2D eigenvalue weighted by atomic mass is 9.96. The summed E-state index contributed by atoms with van der Waals surface area (Å²) >= 11 is 0. The van der Waals surface area contributed by atoms with Gasteiger partial charge in [-0.15, -0.1) is 0 Å². The van der Waals surface area contributed by atoms with Crippen molar-refractivity contribution in [1.29, 1.82) is 0 Å². The van der Waals surface area contributed by atoms with Crippen molar-refractivity contribution in [2.75, 3.05) is 13.1 Å². The summed E-state index contributed by atoms with van der Waals surface area (Å²) in [5.41, 5.74) is 1.76. The molecular weight excluding hydrogens is 258 g/mol. The SMILES string of the molecule is CC(=O)N1CCC(C(=O)NCc2c(C)noc2C)CC1. The van der Waals surface area contributed by atoms with Crippen LogP contribution >= 0.6 is 0 Å². The van der Waals surface area contributed by atoms with Crippen molar-refractivity contribution >= 4 is 11.8 Å². The molecule has 6 heteroatoms. The third kappa shape index (κ3) is 3.18. The van der Waals surface area contributed by atoms with Crippen molar-refractivity contribution < 1.29 is 14.1 Å². The third-order valence-corrected chi connectivity index (χ3v) is 3.93. The molecule has 20 heavy (non-hydrogen) atoms. The van der Waals surface area contributed by atoms with Crippen LogP contribution in [0.15, 0.2) is 4.52 Å². The summed E-state index contributed by atoms with van der Waals surface area (Å²) in [5.74, 6) is 0.869. The number of amides is 2. The summed E-state index contributed by atoms with van der Waals surface area (Å²) in [6.45, 7) is 7.05. The topological polar surface area (TPSA) is 75.4 Å². The average Bonchev–Trinajstić information content (AvgIpc) is 2.75. The fourth-order valence-corrected chi connectivity index (χ4v) is 2.53. The molecule has 110 valence electrons. The summed E-state index contributed by atoms with van der Waals surface area (Å²) in [6.07, 6.45) is 1.46. The monoisotopic (exact) mass is 279 g/mol. The van der Waals surface area contributed by atoms with Crippen LogP contribution in [0.25, 0.3) is 0 Å². The molecule has 0 spiro atoms. The van der Waals surface area contributed by atoms with Gasteiger partial charge in [0.1, 0.15) is 5.76 Å². The van der Waals surface area contributed by atoms with Gasteiger partial charge in [-0.1, -0.05) is 5.16 Å². The molecule has 1 aliphatic rings. The van der Waals surface area contributed by atoms with E-state index in [9.17, 15) is 9.59 Å². The summed E-state index contributed by atoms with van der Waals surface area (Å²) in [4.78, 5) is 25.2. The lowest BCUT2D eigenvalue weighted by molar-refractivity contribution is -0.134. The van der Waals surface area contributed by atoms with Crippen LogP contribution in [-0.2, 0) is 16.1 Å². The lowest BCUT2D eigenvalue weighted by Gasteiger charge is -2.30. The molecule has 0 bridgehead atoms. The first kappa shape index (κ1) is 14.6. The molecule has 2 amide bonds. The Morgan fingerprint density at radius 1 is 1.35 bits per heavy atom. The largest absolute Gasteiger partial charge is 0.361 e. The van der Waals surface area contributed by atoms with Gasteiger partial charge in [-0.25, -0.2) is 0 Å². The van der Waals surface area contributed by atoms with Gasteiger partial charge in [0.25, 0.3) is 0 Å². The van der Waals surface area contributed by atoms with E-state index in [1.54, 1.807) is 11.8 Å². The third-order valence-electron chi connectivity index (χ3n) is 3.93. The van der Waals surface area contributed by atoms with Gasteiger partial charge >= 0.3 is 0 Å². The molecule has 1 fully saturated rings. The number of nitrogens with one attached hydrogen (secondary N) is 1. The van der Waals surface area contributed by atoms with Crippen molar-refractivity contribution in [2.24, 2.45) is 5.92 Å². The van der Waals surface area contributed by atoms with Crippen molar-refractivity contribution in [1.82, 2.24) is 15.4 Å². The van der Waals surface area contributed by atoms with Crippen molar-refractivity contribution in [3.63, 3.8) is 0 Å². The molecule has 0 aliphatic carbocycles. The Bertz CT molecular complexity index is 482. The van der Waals surface area contributed by atoms with Crippen LogP contribution in [0.5, 0.6) is 0 Å². The number of aromatic nitrogens is 1. The molecule has 1 aromatic rings. The number of carbonyl (C=O) groups excluding carboxylic acids is 2. The summed E-state index contributed by atoms with van der Waals surface area (Å²) in [5, 5.41) is 6.80. The predicted molar refractivity (Wildman–Crippen MR) is 72.8 cm³/mol. The molecule has 2 heterocycles. The molecule has 6 nitrogen and oxygen atoms in total. The van der Waals surface area contributed by atoms with Crippen LogP contribution in [0.2, 0.25) is 0 Å². The maximum absolute atomic E-state index is 12.1. The van der Waals surface area contributed by atoms with E-state index in [0.717, 1.165) is 29.9 Å². The molecule has 2 rings (SSSR count). The van der Waals surface area contributed by atoms with Crippen molar-refractivity contribution in [3.8, 4) is 0 Å². The number of rotatable bonds is 3. The summed E-state index contributed by atoms with van der Waals surface area (Å²) < 4.78 is 5.07. The molecule has 1 saturated heterocycles. The fourth-order valence-electron chi connectivity index (χ4n) is 2.53. The van der Waals surface area contributed by atoms with Gasteiger partial charge in [0.15, 0.2) is 0 Å². The Morgan fingerprint density at radius 2 is 2.00 bits per heavy atom. The first-order chi connectivity index (χ1) is 9.49. The molecule has 1 aliphatic heterocycles. The van der Waals surface area contributed by atoms with Crippen molar-refractivity contribution in [2.45, 2.75) is 40.2 Å². The van der Waals surface area contributed by atoms with E-state index in [1.807, 2.05) is 13.8 Å². The average molecular weight is 279 g/mol. The zero-order valence-corrected chi connectivity index (χ0v) is 12.2. The summed E-state index contributed by atoms with van der Waals surface area (Å²) in [6, 6.07) is 0. The zero-order chi connectivity index (χ0) is 14.7. The second-order valence-electron chi connectivity index (χ2n) is 5.30. The number of hydrogen-bond acceptors (Lipinski definition) is 4. The van der Waals surface area contributed by atoms with E-state index < -0.39 is 0 Å². The smallest absolute Gasteiger partial charge is 0.223 e. The normalized spacial score (nSPS) is 16.2. The van der Waals surface area contributed by atoms with E-state index in [-0.39, 0.29) is 17.7 Å². The van der Waals surface area contributed by atoms with Crippen LogP contribution in [-0.4, -0.2) is 35.0 Å². The molecule has 1 N–H and O–H groups in total. The predicted octanol–water partition coefficient (Wildman–Crippen LogP) is 1.17. The molecule has 0 atom stereocenters. The van der Waals surface area contributed by atoms with E-state index in [2.05, 4.69) is 10.5 Å².